The zero-order valence-corrected chi connectivity index (χ0v) is 15.2. The number of hydrogen-bond donors (Lipinski definition) is 1. The number of amides is 2. The highest BCUT2D eigenvalue weighted by Gasteiger charge is 2.37. The van der Waals surface area contributed by atoms with Gasteiger partial charge in [-0.15, -0.1) is 0 Å². The minimum atomic E-state index is -0.306. The molecule has 0 aliphatic carbocycles. The van der Waals surface area contributed by atoms with Crippen molar-refractivity contribution in [2.45, 2.75) is 27.7 Å². The third-order valence-corrected chi connectivity index (χ3v) is 4.95. The van der Waals surface area contributed by atoms with Gasteiger partial charge in [0.05, 0.1) is 5.57 Å². The molecule has 4 heteroatoms. The molecule has 0 fully saturated rings. The van der Waals surface area contributed by atoms with Crippen molar-refractivity contribution in [2.75, 3.05) is 12.4 Å². The van der Waals surface area contributed by atoms with Crippen LogP contribution in [0.5, 0.6) is 0 Å². The normalized spacial score (nSPS) is 14.5. The van der Waals surface area contributed by atoms with Crippen molar-refractivity contribution in [3.8, 4) is 0 Å². The summed E-state index contributed by atoms with van der Waals surface area (Å²) in [6.45, 7) is 8.05. The second-order valence-corrected chi connectivity index (χ2v) is 6.59. The Morgan fingerprint density at radius 1 is 0.840 bits per heavy atom. The van der Waals surface area contributed by atoms with E-state index in [-0.39, 0.29) is 11.8 Å². The van der Waals surface area contributed by atoms with E-state index in [9.17, 15) is 9.59 Å². The van der Waals surface area contributed by atoms with Crippen LogP contribution in [0.1, 0.15) is 27.8 Å². The molecule has 0 atom stereocenters. The number of nitrogens with zero attached hydrogens (tertiary/aromatic N) is 1. The molecule has 128 valence electrons. The SMILES string of the molecule is Cc1ccc(C2=C(Nc3cccc(C)c3C)C(=O)N(C)C2=O)cc1C. The van der Waals surface area contributed by atoms with Gasteiger partial charge in [-0.05, 0) is 61.6 Å². The Bertz CT molecular complexity index is 925. The number of carbonyl (C=O) groups is 2. The Balaban J connectivity index is 2.15. The molecular formula is C21H22N2O2. The van der Waals surface area contributed by atoms with Gasteiger partial charge < -0.3 is 5.32 Å². The zero-order chi connectivity index (χ0) is 18.3. The Labute approximate surface area is 148 Å². The summed E-state index contributed by atoms with van der Waals surface area (Å²) in [6.07, 6.45) is 0. The van der Waals surface area contributed by atoms with E-state index in [1.165, 1.54) is 7.05 Å². The Morgan fingerprint density at radius 2 is 1.56 bits per heavy atom. The molecule has 0 radical (unpaired) electrons. The van der Waals surface area contributed by atoms with E-state index < -0.39 is 0 Å². The molecule has 1 aliphatic rings. The number of imide groups is 1. The number of benzene rings is 2. The predicted octanol–water partition coefficient (Wildman–Crippen LogP) is 3.74. The molecule has 0 saturated carbocycles. The van der Waals surface area contributed by atoms with E-state index in [0.29, 0.717) is 11.3 Å². The average Bonchev–Trinajstić information content (AvgIpc) is 2.79. The first kappa shape index (κ1) is 17.0. The van der Waals surface area contributed by atoms with Gasteiger partial charge in [0.25, 0.3) is 11.8 Å². The van der Waals surface area contributed by atoms with Gasteiger partial charge in [-0.25, -0.2) is 0 Å². The van der Waals surface area contributed by atoms with Crippen molar-refractivity contribution in [3.63, 3.8) is 0 Å². The fourth-order valence-corrected chi connectivity index (χ4v) is 2.94. The third kappa shape index (κ3) is 2.84. The molecule has 3 rings (SSSR count). The van der Waals surface area contributed by atoms with Gasteiger partial charge in [-0.1, -0.05) is 30.3 Å². The van der Waals surface area contributed by atoms with Crippen molar-refractivity contribution < 1.29 is 9.59 Å². The lowest BCUT2D eigenvalue weighted by Crippen LogP contribution is -2.28. The molecule has 0 spiro atoms. The zero-order valence-electron chi connectivity index (χ0n) is 15.2. The fraction of sp³-hybridized carbons (Fsp3) is 0.238. The van der Waals surface area contributed by atoms with Gasteiger partial charge in [0, 0.05) is 12.7 Å². The summed E-state index contributed by atoms with van der Waals surface area (Å²) >= 11 is 0. The van der Waals surface area contributed by atoms with Gasteiger partial charge in [0.1, 0.15) is 5.70 Å². The molecule has 0 unspecified atom stereocenters. The number of aryl methyl sites for hydroxylation is 3. The van der Waals surface area contributed by atoms with Crippen molar-refractivity contribution in [3.05, 3.63) is 69.9 Å². The molecule has 1 N–H and O–H groups in total. The van der Waals surface area contributed by atoms with Crippen LogP contribution < -0.4 is 5.32 Å². The van der Waals surface area contributed by atoms with Crippen LogP contribution in [0, 0.1) is 27.7 Å². The van der Waals surface area contributed by atoms with Crippen molar-refractivity contribution in [1.82, 2.24) is 4.90 Å². The largest absolute Gasteiger partial charge is 0.350 e. The van der Waals surface area contributed by atoms with E-state index in [0.717, 1.165) is 38.4 Å². The molecule has 2 aromatic carbocycles. The second kappa shape index (κ2) is 6.20. The maximum atomic E-state index is 12.7. The lowest BCUT2D eigenvalue weighted by Gasteiger charge is -2.13. The van der Waals surface area contributed by atoms with Crippen LogP contribution in [-0.4, -0.2) is 23.8 Å². The van der Waals surface area contributed by atoms with Crippen LogP contribution in [0.2, 0.25) is 0 Å². The average molecular weight is 334 g/mol. The van der Waals surface area contributed by atoms with Gasteiger partial charge in [-0.3, -0.25) is 14.5 Å². The van der Waals surface area contributed by atoms with Crippen LogP contribution in [0.15, 0.2) is 42.1 Å². The summed E-state index contributed by atoms with van der Waals surface area (Å²) in [7, 11) is 1.52. The molecule has 2 aromatic rings. The first-order chi connectivity index (χ1) is 11.8. The van der Waals surface area contributed by atoms with E-state index >= 15 is 0 Å². The van der Waals surface area contributed by atoms with E-state index in [1.54, 1.807) is 0 Å². The minimum Gasteiger partial charge on any atom is -0.350 e. The lowest BCUT2D eigenvalue weighted by atomic mass is 9.99. The van der Waals surface area contributed by atoms with Crippen LogP contribution in [-0.2, 0) is 9.59 Å². The molecule has 1 heterocycles. The first-order valence-corrected chi connectivity index (χ1v) is 8.28. The Hall–Kier alpha value is -2.88. The molecule has 0 aromatic heterocycles. The highest BCUT2D eigenvalue weighted by Crippen LogP contribution is 2.31. The Kier molecular flexibility index (Phi) is 4.21. The van der Waals surface area contributed by atoms with Crippen molar-refractivity contribution in [1.29, 1.82) is 0 Å². The monoisotopic (exact) mass is 334 g/mol. The van der Waals surface area contributed by atoms with E-state index in [2.05, 4.69) is 5.32 Å². The van der Waals surface area contributed by atoms with Gasteiger partial charge in [0.15, 0.2) is 0 Å². The van der Waals surface area contributed by atoms with Crippen LogP contribution >= 0.6 is 0 Å². The van der Waals surface area contributed by atoms with Crippen molar-refractivity contribution >= 4 is 23.1 Å². The summed E-state index contributed by atoms with van der Waals surface area (Å²) in [4.78, 5) is 26.5. The molecule has 4 nitrogen and oxygen atoms in total. The summed E-state index contributed by atoms with van der Waals surface area (Å²) in [5, 5.41) is 3.21. The summed E-state index contributed by atoms with van der Waals surface area (Å²) in [5.41, 5.74) is 6.80. The van der Waals surface area contributed by atoms with Crippen LogP contribution in [0.25, 0.3) is 5.57 Å². The van der Waals surface area contributed by atoms with Gasteiger partial charge in [-0.2, -0.15) is 0 Å². The fourth-order valence-electron chi connectivity index (χ4n) is 2.94. The van der Waals surface area contributed by atoms with E-state index in [4.69, 9.17) is 0 Å². The molecule has 25 heavy (non-hydrogen) atoms. The van der Waals surface area contributed by atoms with E-state index in [1.807, 2.05) is 64.1 Å². The molecule has 1 aliphatic heterocycles. The lowest BCUT2D eigenvalue weighted by molar-refractivity contribution is -0.135. The number of carbonyl (C=O) groups excluding carboxylic acids is 2. The highest BCUT2D eigenvalue weighted by molar-refractivity contribution is 6.36. The maximum Gasteiger partial charge on any atom is 0.277 e. The highest BCUT2D eigenvalue weighted by atomic mass is 16.2. The predicted molar refractivity (Wildman–Crippen MR) is 100 cm³/mol. The summed E-state index contributed by atoms with van der Waals surface area (Å²) in [5.74, 6) is -0.583. The molecular weight excluding hydrogens is 312 g/mol. The minimum absolute atomic E-state index is 0.277. The molecule has 2 amide bonds. The van der Waals surface area contributed by atoms with Gasteiger partial charge >= 0.3 is 0 Å². The van der Waals surface area contributed by atoms with Crippen molar-refractivity contribution in [2.24, 2.45) is 0 Å². The quantitative estimate of drug-likeness (QED) is 0.870. The number of rotatable bonds is 3. The number of likely N-dealkylation sites (N-methyl/N-ethyl adjacent to an activating group) is 1. The summed E-state index contributed by atoms with van der Waals surface area (Å²) < 4.78 is 0. The number of nitrogens with one attached hydrogen (secondary N) is 1. The van der Waals surface area contributed by atoms with Gasteiger partial charge in [0.2, 0.25) is 0 Å². The topological polar surface area (TPSA) is 49.4 Å². The Morgan fingerprint density at radius 3 is 2.24 bits per heavy atom. The summed E-state index contributed by atoms with van der Waals surface area (Å²) in [6, 6.07) is 11.7. The molecule has 0 bridgehead atoms. The number of hydrogen-bond acceptors (Lipinski definition) is 3. The third-order valence-electron chi connectivity index (χ3n) is 4.95. The standard InChI is InChI=1S/C21H22N2O2/c1-12-9-10-16(11-14(12)3)18-19(21(25)23(5)20(18)24)22-17-8-6-7-13(2)15(17)4/h6-11,22H,1-5H3. The number of anilines is 1. The van der Waals surface area contributed by atoms with Crippen LogP contribution in [0.3, 0.4) is 0 Å². The molecule has 0 saturated heterocycles. The second-order valence-electron chi connectivity index (χ2n) is 6.59. The maximum absolute atomic E-state index is 12.7. The van der Waals surface area contributed by atoms with Crippen LogP contribution in [0.4, 0.5) is 5.69 Å². The first-order valence-electron chi connectivity index (χ1n) is 8.28. The smallest absolute Gasteiger partial charge is 0.277 e.